The van der Waals surface area contributed by atoms with Crippen molar-refractivity contribution in [2.75, 3.05) is 5.75 Å². The summed E-state index contributed by atoms with van der Waals surface area (Å²) in [6, 6.07) is 11.5. The van der Waals surface area contributed by atoms with Crippen LogP contribution in [0.5, 0.6) is 0 Å². The molecule has 4 unspecified atom stereocenters. The number of hydrogen-bond acceptors (Lipinski definition) is 7. The minimum absolute atomic E-state index is 0.0266. The number of nitrogens with one attached hydrogen (secondary N) is 2. The normalized spacial score (nSPS) is 14.4. The molecule has 9 nitrogen and oxygen atoms in total. The quantitative estimate of drug-likeness (QED) is 0.148. The second-order valence-electron chi connectivity index (χ2n) is 15.0. The number of esters is 1. The Hall–Kier alpha value is -3.53. The number of rotatable bonds is 14. The van der Waals surface area contributed by atoms with E-state index in [1.165, 1.54) is 0 Å². The first-order valence-electron chi connectivity index (χ1n) is 16.8. The number of aryl methyl sites for hydroxylation is 2. The zero-order chi connectivity index (χ0) is 36.4. The molecular weight excluding hydrogens is 626 g/mol. The summed E-state index contributed by atoms with van der Waals surface area (Å²) in [5, 5.41) is 5.66. The Morgan fingerprint density at radius 3 is 1.96 bits per heavy atom. The highest BCUT2D eigenvalue weighted by Gasteiger charge is 2.41. The van der Waals surface area contributed by atoms with Crippen molar-refractivity contribution in [3.05, 3.63) is 70.8 Å². The van der Waals surface area contributed by atoms with E-state index in [0.717, 1.165) is 23.1 Å². The van der Waals surface area contributed by atoms with Crippen molar-refractivity contribution in [1.29, 1.82) is 0 Å². The third-order valence-corrected chi connectivity index (χ3v) is 7.97. The van der Waals surface area contributed by atoms with Gasteiger partial charge in [0.2, 0.25) is 11.8 Å². The Labute approximate surface area is 293 Å². The van der Waals surface area contributed by atoms with Crippen LogP contribution in [-0.4, -0.2) is 63.9 Å². The summed E-state index contributed by atoms with van der Waals surface area (Å²) in [7, 11) is 0. The number of benzene rings is 2. The van der Waals surface area contributed by atoms with Crippen LogP contribution >= 0.6 is 12.6 Å². The molecule has 0 aliphatic rings. The standard InChI is InChI=1S/C38H57N3O6S/c1-24(2)17-20-27(5)41(34(43)31(23-48)40-36(45)47-38(9,10)11)32(29-21-25(3)18-19-26(29)4)33(42)39-30(35(44)46-37(6,7)8)22-28-15-13-12-14-16-28/h12-16,18-19,21,24,27,30-32,48H,17,20,22-23H2,1-11H3,(H,39,42)(H,40,45). The molecule has 0 saturated carbocycles. The van der Waals surface area contributed by atoms with Gasteiger partial charge in [0, 0.05) is 18.2 Å². The van der Waals surface area contributed by atoms with Gasteiger partial charge in [-0.1, -0.05) is 67.9 Å². The van der Waals surface area contributed by atoms with Gasteiger partial charge in [0.25, 0.3) is 0 Å². The van der Waals surface area contributed by atoms with E-state index in [4.69, 9.17) is 9.47 Å². The third-order valence-electron chi connectivity index (χ3n) is 7.61. The van der Waals surface area contributed by atoms with E-state index in [9.17, 15) is 19.2 Å². The van der Waals surface area contributed by atoms with Crippen LogP contribution in [0, 0.1) is 19.8 Å². The number of nitrogens with zero attached hydrogens (tertiary/aromatic N) is 1. The lowest BCUT2D eigenvalue weighted by Crippen LogP contribution is -2.57. The molecule has 0 aliphatic carbocycles. The molecule has 0 aromatic heterocycles. The first-order chi connectivity index (χ1) is 22.2. The molecule has 0 radical (unpaired) electrons. The Morgan fingerprint density at radius 1 is 0.812 bits per heavy atom. The lowest BCUT2D eigenvalue weighted by atomic mass is 9.93. The van der Waals surface area contributed by atoms with Crippen molar-refractivity contribution in [3.8, 4) is 0 Å². The van der Waals surface area contributed by atoms with Gasteiger partial charge >= 0.3 is 12.1 Å². The first kappa shape index (κ1) is 40.6. The van der Waals surface area contributed by atoms with Gasteiger partial charge in [0.05, 0.1) is 0 Å². The van der Waals surface area contributed by atoms with Gasteiger partial charge in [0.15, 0.2) is 0 Å². The van der Waals surface area contributed by atoms with E-state index < -0.39 is 59.2 Å². The number of thiol groups is 1. The monoisotopic (exact) mass is 683 g/mol. The molecule has 0 bridgehead atoms. The minimum Gasteiger partial charge on any atom is -0.458 e. The molecule has 266 valence electrons. The van der Waals surface area contributed by atoms with Crippen LogP contribution in [0.2, 0.25) is 0 Å². The molecule has 0 saturated heterocycles. The lowest BCUT2D eigenvalue weighted by Gasteiger charge is -2.39. The predicted octanol–water partition coefficient (Wildman–Crippen LogP) is 6.89. The van der Waals surface area contributed by atoms with Gasteiger partial charge in [-0.3, -0.25) is 9.59 Å². The van der Waals surface area contributed by atoms with E-state index in [-0.39, 0.29) is 12.2 Å². The van der Waals surface area contributed by atoms with Crippen molar-refractivity contribution in [2.45, 2.75) is 131 Å². The van der Waals surface area contributed by atoms with Crippen LogP contribution in [0.1, 0.15) is 103 Å². The van der Waals surface area contributed by atoms with Crippen LogP contribution < -0.4 is 10.6 Å². The summed E-state index contributed by atoms with van der Waals surface area (Å²) >= 11 is 4.43. The molecule has 2 rings (SSSR count). The van der Waals surface area contributed by atoms with Gasteiger partial charge in [0.1, 0.15) is 29.3 Å². The van der Waals surface area contributed by atoms with Gasteiger partial charge < -0.3 is 25.0 Å². The Bertz CT molecular complexity index is 1380. The topological polar surface area (TPSA) is 114 Å². The maximum absolute atomic E-state index is 14.7. The second kappa shape index (κ2) is 17.7. The van der Waals surface area contributed by atoms with Crippen LogP contribution in [0.4, 0.5) is 4.79 Å². The lowest BCUT2D eigenvalue weighted by molar-refractivity contribution is -0.159. The number of hydrogen-bond donors (Lipinski definition) is 3. The van der Waals surface area contributed by atoms with E-state index in [1.807, 2.05) is 69.3 Å². The van der Waals surface area contributed by atoms with Gasteiger partial charge in [-0.25, -0.2) is 9.59 Å². The van der Waals surface area contributed by atoms with E-state index >= 15 is 0 Å². The Morgan fingerprint density at radius 2 is 1.42 bits per heavy atom. The van der Waals surface area contributed by atoms with E-state index in [2.05, 4.69) is 37.1 Å². The third kappa shape index (κ3) is 13.2. The molecular formula is C38H57N3O6S. The molecule has 0 heterocycles. The average molecular weight is 684 g/mol. The molecule has 3 amide bonds. The molecule has 10 heteroatoms. The maximum atomic E-state index is 14.7. The van der Waals surface area contributed by atoms with Crippen LogP contribution in [0.3, 0.4) is 0 Å². The summed E-state index contributed by atoms with van der Waals surface area (Å²) < 4.78 is 11.2. The van der Waals surface area contributed by atoms with Crippen LogP contribution in [-0.2, 0) is 30.3 Å². The van der Waals surface area contributed by atoms with Crippen molar-refractivity contribution >= 4 is 36.5 Å². The van der Waals surface area contributed by atoms with Crippen molar-refractivity contribution < 1.29 is 28.7 Å². The SMILES string of the molecule is Cc1ccc(C)c(C(C(=O)NC(Cc2ccccc2)C(=O)OC(C)(C)C)N(C(=O)C(CS)NC(=O)OC(C)(C)C)C(C)CCC(C)C)c1. The highest BCUT2D eigenvalue weighted by atomic mass is 32.1. The van der Waals surface area contributed by atoms with Crippen LogP contribution in [0.15, 0.2) is 48.5 Å². The molecule has 0 fully saturated rings. The predicted molar refractivity (Wildman–Crippen MR) is 194 cm³/mol. The molecule has 2 aromatic rings. The summed E-state index contributed by atoms with van der Waals surface area (Å²) in [6.07, 6.45) is 0.831. The number of carbonyl (C=O) groups is 4. The molecule has 2 aromatic carbocycles. The molecule has 0 spiro atoms. The molecule has 48 heavy (non-hydrogen) atoms. The average Bonchev–Trinajstić information content (AvgIpc) is 2.96. The molecule has 4 atom stereocenters. The number of alkyl carbamates (subject to hydrolysis) is 1. The fraction of sp³-hybridized carbons (Fsp3) is 0.579. The Balaban J connectivity index is 2.71. The van der Waals surface area contributed by atoms with Crippen molar-refractivity contribution in [2.24, 2.45) is 5.92 Å². The van der Waals surface area contributed by atoms with E-state index in [0.29, 0.717) is 17.9 Å². The number of carbonyl (C=O) groups excluding carboxylic acids is 4. The zero-order valence-corrected chi connectivity index (χ0v) is 31.6. The van der Waals surface area contributed by atoms with E-state index in [1.54, 1.807) is 46.4 Å². The summed E-state index contributed by atoms with van der Waals surface area (Å²) in [6.45, 7) is 20.5. The largest absolute Gasteiger partial charge is 0.458 e. The van der Waals surface area contributed by atoms with Gasteiger partial charge in [-0.15, -0.1) is 0 Å². The maximum Gasteiger partial charge on any atom is 0.408 e. The fourth-order valence-corrected chi connectivity index (χ4v) is 5.51. The van der Waals surface area contributed by atoms with Crippen LogP contribution in [0.25, 0.3) is 0 Å². The van der Waals surface area contributed by atoms with Crippen molar-refractivity contribution in [1.82, 2.24) is 15.5 Å². The summed E-state index contributed by atoms with van der Waals surface area (Å²) in [5.74, 6) is -1.27. The Kier molecular flexibility index (Phi) is 15.0. The van der Waals surface area contributed by atoms with Gasteiger partial charge in [-0.05, 0) is 97.8 Å². The number of amides is 3. The minimum atomic E-state index is -1.14. The number of ether oxygens (including phenoxy) is 2. The second-order valence-corrected chi connectivity index (χ2v) is 15.4. The zero-order valence-electron chi connectivity index (χ0n) is 30.7. The molecule has 0 aliphatic heterocycles. The summed E-state index contributed by atoms with van der Waals surface area (Å²) in [5.41, 5.74) is 1.59. The van der Waals surface area contributed by atoms with Gasteiger partial charge in [-0.2, -0.15) is 12.6 Å². The summed E-state index contributed by atoms with van der Waals surface area (Å²) in [4.78, 5) is 57.3. The molecule has 2 N–H and O–H groups in total. The fourth-order valence-electron chi connectivity index (χ4n) is 5.27. The highest BCUT2D eigenvalue weighted by molar-refractivity contribution is 7.80. The van der Waals surface area contributed by atoms with Crippen molar-refractivity contribution in [3.63, 3.8) is 0 Å². The highest BCUT2D eigenvalue weighted by Crippen LogP contribution is 2.31. The smallest absolute Gasteiger partial charge is 0.408 e. The first-order valence-corrected chi connectivity index (χ1v) is 17.4.